The zero-order valence-corrected chi connectivity index (χ0v) is 21.4. The molecule has 0 bridgehead atoms. The first-order valence-electron chi connectivity index (χ1n) is 11.7. The van der Waals surface area contributed by atoms with Gasteiger partial charge in [-0.1, -0.05) is 0 Å². The molecule has 12 heteroatoms. The Labute approximate surface area is 207 Å². The van der Waals surface area contributed by atoms with Crippen molar-refractivity contribution in [2.45, 2.75) is 68.7 Å². The van der Waals surface area contributed by atoms with Crippen molar-refractivity contribution in [1.29, 1.82) is 0 Å². The second kappa shape index (κ2) is 8.89. The summed E-state index contributed by atoms with van der Waals surface area (Å²) in [5, 5.41) is 0.791. The average molecular weight is 530 g/mol. The number of amides is 1. The van der Waals surface area contributed by atoms with Gasteiger partial charge in [0.2, 0.25) is 10.0 Å². The molecule has 3 unspecified atom stereocenters. The molecule has 35 heavy (non-hydrogen) atoms. The van der Waals surface area contributed by atoms with Crippen molar-refractivity contribution >= 4 is 37.7 Å². The number of thiazole rings is 1. The standard InChI is InChI=1S/C23H29F2N3O5S2/c1-12-8-17(27-35(3,30)31)18(28(12)22(29)32-2)11-33-14-6-7-23(10-13(23)9-14)21-26-19-15(24)4-5-16(25)20(19)34-21/h4-5,12-14,17-18,27H,6-11H2,1-3H3/t12-,13?,14?,17+,18+,23?/m1/s1. The van der Waals surface area contributed by atoms with Gasteiger partial charge in [-0.15, -0.1) is 11.3 Å². The van der Waals surface area contributed by atoms with Gasteiger partial charge in [-0.3, -0.25) is 4.90 Å². The number of nitrogens with zero attached hydrogens (tertiary/aromatic N) is 2. The van der Waals surface area contributed by atoms with E-state index in [0.717, 1.165) is 49.1 Å². The topological polar surface area (TPSA) is 97.8 Å². The molecule has 1 amide bonds. The number of nitrogens with one attached hydrogen (secondary N) is 1. The van der Waals surface area contributed by atoms with E-state index < -0.39 is 39.8 Å². The third-order valence-electron chi connectivity index (χ3n) is 7.71. The first-order valence-corrected chi connectivity index (χ1v) is 14.4. The number of ether oxygens (including phenoxy) is 2. The number of halogens is 2. The van der Waals surface area contributed by atoms with E-state index in [9.17, 15) is 22.0 Å². The highest BCUT2D eigenvalue weighted by molar-refractivity contribution is 7.88. The highest BCUT2D eigenvalue weighted by Crippen LogP contribution is 2.63. The fourth-order valence-corrected chi connectivity index (χ4v) is 8.03. The van der Waals surface area contributed by atoms with Gasteiger partial charge in [0.1, 0.15) is 16.3 Å². The second-order valence-electron chi connectivity index (χ2n) is 10.0. The molecule has 2 saturated carbocycles. The summed E-state index contributed by atoms with van der Waals surface area (Å²) < 4.78 is 66.1. The quantitative estimate of drug-likeness (QED) is 0.615. The summed E-state index contributed by atoms with van der Waals surface area (Å²) in [4.78, 5) is 18.4. The van der Waals surface area contributed by atoms with Gasteiger partial charge in [0, 0.05) is 17.5 Å². The normalized spacial score (nSPS) is 32.6. The summed E-state index contributed by atoms with van der Waals surface area (Å²) in [7, 11) is -2.16. The summed E-state index contributed by atoms with van der Waals surface area (Å²) in [5.74, 6) is -0.640. The number of hydrogen-bond donors (Lipinski definition) is 1. The zero-order valence-electron chi connectivity index (χ0n) is 19.8. The van der Waals surface area contributed by atoms with Crippen molar-refractivity contribution in [1.82, 2.24) is 14.6 Å². The minimum Gasteiger partial charge on any atom is -0.453 e. The Hall–Kier alpha value is -1.89. The van der Waals surface area contributed by atoms with Gasteiger partial charge < -0.3 is 9.47 Å². The van der Waals surface area contributed by atoms with Crippen LogP contribution < -0.4 is 4.72 Å². The van der Waals surface area contributed by atoms with Crippen LogP contribution in [0.4, 0.5) is 13.6 Å². The molecule has 1 N–H and O–H groups in total. The molecule has 0 radical (unpaired) electrons. The summed E-state index contributed by atoms with van der Waals surface area (Å²) in [6.07, 6.45) is 4.26. The number of fused-ring (bicyclic) bond motifs is 2. The van der Waals surface area contributed by atoms with E-state index in [1.165, 1.54) is 18.4 Å². The van der Waals surface area contributed by atoms with Gasteiger partial charge in [-0.2, -0.15) is 0 Å². The summed E-state index contributed by atoms with van der Waals surface area (Å²) in [6.45, 7) is 2.05. The van der Waals surface area contributed by atoms with E-state index in [2.05, 4.69) is 9.71 Å². The monoisotopic (exact) mass is 529 g/mol. The predicted octanol–water partition coefficient (Wildman–Crippen LogP) is 3.55. The maximum atomic E-state index is 14.2. The van der Waals surface area contributed by atoms with Crippen molar-refractivity contribution in [2.75, 3.05) is 20.0 Å². The number of aromatic nitrogens is 1. The van der Waals surface area contributed by atoms with Gasteiger partial charge in [0.05, 0.1) is 36.8 Å². The van der Waals surface area contributed by atoms with Crippen molar-refractivity contribution in [3.05, 3.63) is 28.8 Å². The van der Waals surface area contributed by atoms with Gasteiger partial charge in [0.15, 0.2) is 5.82 Å². The van der Waals surface area contributed by atoms with E-state index in [-0.39, 0.29) is 34.4 Å². The first kappa shape index (κ1) is 24.8. The number of benzene rings is 1. The van der Waals surface area contributed by atoms with Gasteiger partial charge in [-0.05, 0) is 57.1 Å². The molecular weight excluding hydrogens is 500 g/mol. The van der Waals surface area contributed by atoms with Crippen LogP contribution in [0.2, 0.25) is 0 Å². The molecule has 3 fully saturated rings. The molecule has 192 valence electrons. The molecule has 1 saturated heterocycles. The first-order chi connectivity index (χ1) is 16.5. The van der Waals surface area contributed by atoms with Crippen LogP contribution in [-0.4, -0.2) is 68.6 Å². The molecule has 1 aromatic carbocycles. The van der Waals surface area contributed by atoms with Crippen LogP contribution in [0.15, 0.2) is 12.1 Å². The molecule has 8 nitrogen and oxygen atoms in total. The molecule has 1 aliphatic heterocycles. The summed E-state index contributed by atoms with van der Waals surface area (Å²) in [5.41, 5.74) is -0.0472. The molecule has 2 aromatic rings. The third kappa shape index (κ3) is 4.54. The Bertz CT molecular complexity index is 1220. The van der Waals surface area contributed by atoms with Crippen LogP contribution in [0.3, 0.4) is 0 Å². The van der Waals surface area contributed by atoms with Crippen LogP contribution in [0.25, 0.3) is 10.2 Å². The predicted molar refractivity (Wildman–Crippen MR) is 127 cm³/mol. The lowest BCUT2D eigenvalue weighted by Gasteiger charge is -2.32. The number of likely N-dealkylation sites (tertiary alicyclic amines) is 1. The minimum absolute atomic E-state index is 0.0484. The Balaban J connectivity index is 1.26. The van der Waals surface area contributed by atoms with Crippen molar-refractivity contribution in [2.24, 2.45) is 5.92 Å². The number of hydrogen-bond acceptors (Lipinski definition) is 7. The van der Waals surface area contributed by atoms with Crippen LogP contribution in [0.1, 0.15) is 44.0 Å². The lowest BCUT2D eigenvalue weighted by atomic mass is 9.87. The summed E-state index contributed by atoms with van der Waals surface area (Å²) >= 11 is 1.24. The van der Waals surface area contributed by atoms with Crippen LogP contribution >= 0.6 is 11.3 Å². The van der Waals surface area contributed by atoms with E-state index in [1.54, 1.807) is 4.90 Å². The van der Waals surface area contributed by atoms with Crippen LogP contribution in [0.5, 0.6) is 0 Å². The minimum atomic E-state index is -3.46. The van der Waals surface area contributed by atoms with E-state index in [1.807, 2.05) is 6.92 Å². The Kier molecular flexibility index (Phi) is 6.30. The van der Waals surface area contributed by atoms with Crippen molar-refractivity contribution in [3.8, 4) is 0 Å². The smallest absolute Gasteiger partial charge is 0.410 e. The molecule has 2 heterocycles. The number of carbonyl (C=O) groups excluding carboxylic acids is 1. The van der Waals surface area contributed by atoms with Gasteiger partial charge >= 0.3 is 6.09 Å². The average Bonchev–Trinajstić information content (AvgIpc) is 3.19. The molecule has 6 atom stereocenters. The highest BCUT2D eigenvalue weighted by atomic mass is 32.2. The fourth-order valence-electron chi connectivity index (χ4n) is 5.94. The number of rotatable bonds is 6. The molecular formula is C23H29F2N3O5S2. The third-order valence-corrected chi connectivity index (χ3v) is 9.72. The van der Waals surface area contributed by atoms with Gasteiger partial charge in [-0.25, -0.2) is 31.7 Å². The largest absolute Gasteiger partial charge is 0.453 e. The summed E-state index contributed by atoms with van der Waals surface area (Å²) in [6, 6.07) is 1.11. The van der Waals surface area contributed by atoms with E-state index in [0.29, 0.717) is 12.3 Å². The second-order valence-corrected chi connectivity index (χ2v) is 12.8. The van der Waals surface area contributed by atoms with E-state index >= 15 is 0 Å². The number of carbonyl (C=O) groups is 1. The lowest BCUT2D eigenvalue weighted by molar-refractivity contribution is -0.00992. The maximum Gasteiger partial charge on any atom is 0.410 e. The maximum absolute atomic E-state index is 14.2. The SMILES string of the molecule is COC(=O)N1[C@H](C)C[C@H](NS(C)(=O)=O)[C@@H]1COC1CCC2(c3nc4c(F)ccc(F)c4s3)CC2C1. The molecule has 2 aliphatic carbocycles. The van der Waals surface area contributed by atoms with E-state index in [4.69, 9.17) is 9.47 Å². The molecule has 5 rings (SSSR count). The van der Waals surface area contributed by atoms with Crippen LogP contribution in [0, 0.1) is 17.6 Å². The number of sulfonamides is 1. The fraction of sp³-hybridized carbons (Fsp3) is 0.652. The highest BCUT2D eigenvalue weighted by Gasteiger charge is 2.60. The van der Waals surface area contributed by atoms with Crippen LogP contribution in [-0.2, 0) is 24.9 Å². The van der Waals surface area contributed by atoms with Crippen molar-refractivity contribution < 1.29 is 31.5 Å². The molecule has 1 aromatic heterocycles. The molecule has 3 aliphatic rings. The van der Waals surface area contributed by atoms with Crippen molar-refractivity contribution in [3.63, 3.8) is 0 Å². The Morgan fingerprint density at radius 1 is 1.31 bits per heavy atom. The zero-order chi connectivity index (χ0) is 25.1. The number of methoxy groups -OCH3 is 1. The Morgan fingerprint density at radius 3 is 2.71 bits per heavy atom. The molecule has 0 spiro atoms. The lowest BCUT2D eigenvalue weighted by Crippen LogP contribution is -2.50. The Morgan fingerprint density at radius 2 is 2.06 bits per heavy atom. The van der Waals surface area contributed by atoms with Gasteiger partial charge in [0.25, 0.3) is 0 Å².